The molecule has 0 aliphatic carbocycles. The number of likely N-dealkylation sites (tertiary alicyclic amines) is 1. The van der Waals surface area contributed by atoms with E-state index in [9.17, 15) is 14.9 Å². The Balaban J connectivity index is 2.00. The van der Waals surface area contributed by atoms with Gasteiger partial charge in [-0.25, -0.2) is 0 Å². The fourth-order valence-electron chi connectivity index (χ4n) is 2.29. The molecule has 0 aromatic heterocycles. The van der Waals surface area contributed by atoms with E-state index in [1.54, 1.807) is 0 Å². The maximum absolute atomic E-state index is 11.8. The fourth-order valence-corrected chi connectivity index (χ4v) is 2.29. The molecule has 0 spiro atoms. The first-order valence-electron chi connectivity index (χ1n) is 6.15. The lowest BCUT2D eigenvalue weighted by atomic mass is 10.1. The van der Waals surface area contributed by atoms with Gasteiger partial charge in [0.2, 0.25) is 5.91 Å². The second kappa shape index (κ2) is 5.62. The Morgan fingerprint density at radius 1 is 1.33 bits per heavy atom. The fraction of sp³-hybridized carbons (Fsp3) is 0.462. The van der Waals surface area contributed by atoms with Gasteiger partial charge in [0.25, 0.3) is 6.17 Å². The van der Waals surface area contributed by atoms with E-state index in [1.807, 2.05) is 30.3 Å². The molecule has 1 aromatic carbocycles. The molecule has 1 atom stereocenters. The van der Waals surface area contributed by atoms with Crippen molar-refractivity contribution < 1.29 is 9.72 Å². The normalized spacial score (nSPS) is 19.9. The molecule has 1 saturated heterocycles. The maximum atomic E-state index is 11.8. The zero-order valence-corrected chi connectivity index (χ0v) is 10.1. The molecular weight excluding hydrogens is 232 g/mol. The molecule has 1 aromatic rings. The van der Waals surface area contributed by atoms with E-state index in [-0.39, 0.29) is 10.8 Å². The molecule has 96 valence electrons. The number of hydrogen-bond donors (Lipinski definition) is 0. The van der Waals surface area contributed by atoms with Crippen molar-refractivity contribution >= 4 is 5.91 Å². The minimum atomic E-state index is -0.838. The van der Waals surface area contributed by atoms with Gasteiger partial charge in [-0.15, -0.1) is 0 Å². The molecule has 1 amide bonds. The highest BCUT2D eigenvalue weighted by Gasteiger charge is 2.35. The number of benzene rings is 1. The smallest absolute Gasteiger partial charge is 0.280 e. The van der Waals surface area contributed by atoms with Crippen LogP contribution in [0.3, 0.4) is 0 Å². The van der Waals surface area contributed by atoms with Gasteiger partial charge in [-0.3, -0.25) is 19.8 Å². The number of nitrogens with zero attached hydrogens (tertiary/aromatic N) is 2. The summed E-state index contributed by atoms with van der Waals surface area (Å²) < 4.78 is 0. The third-order valence-electron chi connectivity index (χ3n) is 3.26. The van der Waals surface area contributed by atoms with Gasteiger partial charge in [0.1, 0.15) is 0 Å². The summed E-state index contributed by atoms with van der Waals surface area (Å²) in [5.41, 5.74) is 1.10. The van der Waals surface area contributed by atoms with Crippen molar-refractivity contribution in [3.05, 3.63) is 46.0 Å². The first kappa shape index (κ1) is 12.5. The van der Waals surface area contributed by atoms with Crippen LogP contribution in [0.2, 0.25) is 0 Å². The lowest BCUT2D eigenvalue weighted by Crippen LogP contribution is -2.48. The lowest BCUT2D eigenvalue weighted by Gasteiger charge is -2.29. The third-order valence-corrected chi connectivity index (χ3v) is 3.26. The van der Waals surface area contributed by atoms with Crippen LogP contribution in [-0.4, -0.2) is 28.4 Å². The van der Waals surface area contributed by atoms with Gasteiger partial charge in [0, 0.05) is 24.3 Å². The van der Waals surface area contributed by atoms with Gasteiger partial charge in [-0.05, 0) is 18.4 Å². The first-order valence-corrected chi connectivity index (χ1v) is 6.15. The highest BCUT2D eigenvalue weighted by Crippen LogP contribution is 2.19. The van der Waals surface area contributed by atoms with Crippen molar-refractivity contribution in [2.75, 3.05) is 6.54 Å². The van der Waals surface area contributed by atoms with Crippen LogP contribution in [0.15, 0.2) is 30.3 Å². The second-order valence-electron chi connectivity index (χ2n) is 4.48. The minimum absolute atomic E-state index is 0.0983. The topological polar surface area (TPSA) is 63.4 Å². The average molecular weight is 248 g/mol. The van der Waals surface area contributed by atoms with Crippen molar-refractivity contribution in [3.8, 4) is 0 Å². The number of rotatable bonds is 4. The Kier molecular flexibility index (Phi) is 3.92. The Bertz CT molecular complexity index is 433. The van der Waals surface area contributed by atoms with Gasteiger partial charge in [0.15, 0.2) is 0 Å². The molecule has 2 rings (SSSR count). The monoisotopic (exact) mass is 248 g/mol. The summed E-state index contributed by atoms with van der Waals surface area (Å²) >= 11 is 0. The van der Waals surface area contributed by atoms with E-state index in [0.717, 1.165) is 5.56 Å². The molecule has 0 saturated carbocycles. The standard InChI is InChI=1S/C13H16N2O3/c16-13-8-4-7-12(15(17)18)14(13)10-9-11-5-2-1-3-6-11/h1-3,5-6,12H,4,7-10H2. The quantitative estimate of drug-likeness (QED) is 0.603. The third kappa shape index (κ3) is 2.85. The number of amides is 1. The van der Waals surface area contributed by atoms with Crippen molar-refractivity contribution in [3.63, 3.8) is 0 Å². The number of carbonyl (C=O) groups is 1. The SMILES string of the molecule is O=C1CCCC([N+](=O)[O-])N1CCc1ccccc1. The van der Waals surface area contributed by atoms with Crippen LogP contribution in [0.5, 0.6) is 0 Å². The predicted octanol–water partition coefficient (Wildman–Crippen LogP) is 1.84. The van der Waals surface area contributed by atoms with Crippen LogP contribution in [0, 0.1) is 10.1 Å². The van der Waals surface area contributed by atoms with E-state index in [1.165, 1.54) is 4.90 Å². The molecule has 0 radical (unpaired) electrons. The number of hydrogen-bond acceptors (Lipinski definition) is 3. The first-order chi connectivity index (χ1) is 8.68. The van der Waals surface area contributed by atoms with Crippen LogP contribution in [-0.2, 0) is 11.2 Å². The van der Waals surface area contributed by atoms with Gasteiger partial charge in [-0.2, -0.15) is 0 Å². The van der Waals surface area contributed by atoms with Gasteiger partial charge < -0.3 is 0 Å². The highest BCUT2D eigenvalue weighted by molar-refractivity contribution is 5.77. The summed E-state index contributed by atoms with van der Waals surface area (Å²) in [5, 5.41) is 10.9. The molecule has 0 N–H and O–H groups in total. The Labute approximate surface area is 106 Å². The maximum Gasteiger partial charge on any atom is 0.289 e. The lowest BCUT2D eigenvalue weighted by molar-refractivity contribution is -0.548. The van der Waals surface area contributed by atoms with Crippen LogP contribution in [0.4, 0.5) is 0 Å². The largest absolute Gasteiger partial charge is 0.289 e. The molecular formula is C13H16N2O3. The Morgan fingerprint density at radius 3 is 2.72 bits per heavy atom. The van der Waals surface area contributed by atoms with E-state index < -0.39 is 6.17 Å². The molecule has 5 nitrogen and oxygen atoms in total. The van der Waals surface area contributed by atoms with Crippen molar-refractivity contribution in [2.45, 2.75) is 31.8 Å². The van der Waals surface area contributed by atoms with Crippen LogP contribution >= 0.6 is 0 Å². The van der Waals surface area contributed by atoms with Crippen LogP contribution in [0.1, 0.15) is 24.8 Å². The van der Waals surface area contributed by atoms with Crippen molar-refractivity contribution in [1.82, 2.24) is 4.90 Å². The molecule has 0 bridgehead atoms. The highest BCUT2D eigenvalue weighted by atomic mass is 16.6. The molecule has 1 heterocycles. The second-order valence-corrected chi connectivity index (χ2v) is 4.48. The van der Waals surface area contributed by atoms with E-state index in [2.05, 4.69) is 0 Å². The zero-order chi connectivity index (χ0) is 13.0. The summed E-state index contributed by atoms with van der Waals surface area (Å²) in [6.45, 7) is 0.425. The van der Waals surface area contributed by atoms with Gasteiger partial charge in [-0.1, -0.05) is 30.3 Å². The summed E-state index contributed by atoms with van der Waals surface area (Å²) in [6, 6.07) is 9.72. The average Bonchev–Trinajstić information content (AvgIpc) is 2.38. The Hall–Kier alpha value is -1.91. The van der Waals surface area contributed by atoms with E-state index >= 15 is 0 Å². The van der Waals surface area contributed by atoms with Crippen molar-refractivity contribution in [2.24, 2.45) is 0 Å². The summed E-state index contributed by atoms with van der Waals surface area (Å²) in [7, 11) is 0. The summed E-state index contributed by atoms with van der Waals surface area (Å²) in [4.78, 5) is 23.8. The van der Waals surface area contributed by atoms with E-state index in [4.69, 9.17) is 0 Å². The Morgan fingerprint density at radius 2 is 2.06 bits per heavy atom. The number of carbonyl (C=O) groups excluding carboxylic acids is 1. The van der Waals surface area contributed by atoms with Crippen LogP contribution in [0.25, 0.3) is 0 Å². The number of piperidine rings is 1. The summed E-state index contributed by atoms with van der Waals surface area (Å²) in [5.74, 6) is -0.0983. The van der Waals surface area contributed by atoms with Crippen LogP contribution < -0.4 is 0 Å². The van der Waals surface area contributed by atoms with E-state index in [0.29, 0.717) is 32.2 Å². The van der Waals surface area contributed by atoms with Gasteiger partial charge >= 0.3 is 0 Å². The number of nitro groups is 1. The van der Waals surface area contributed by atoms with Crippen molar-refractivity contribution in [1.29, 1.82) is 0 Å². The molecule has 1 aliphatic rings. The molecule has 1 fully saturated rings. The molecule has 18 heavy (non-hydrogen) atoms. The summed E-state index contributed by atoms with van der Waals surface area (Å²) in [6.07, 6.45) is 1.34. The molecule has 1 aliphatic heterocycles. The predicted molar refractivity (Wildman–Crippen MR) is 66.5 cm³/mol. The molecule has 1 unspecified atom stereocenters. The minimum Gasteiger partial charge on any atom is -0.280 e. The molecule has 5 heteroatoms. The van der Waals surface area contributed by atoms with Gasteiger partial charge in [0.05, 0.1) is 0 Å². The zero-order valence-electron chi connectivity index (χ0n) is 10.1.